The molecule has 0 saturated carbocycles. The third-order valence-corrected chi connectivity index (χ3v) is 4.56. The van der Waals surface area contributed by atoms with Crippen molar-refractivity contribution < 1.29 is 5.11 Å². The van der Waals surface area contributed by atoms with Gasteiger partial charge in [-0.15, -0.1) is 21.5 Å². The summed E-state index contributed by atoms with van der Waals surface area (Å²) in [5, 5.41) is 18.1. The molecule has 0 spiro atoms. The van der Waals surface area contributed by atoms with Crippen LogP contribution in [-0.2, 0) is 18.9 Å². The summed E-state index contributed by atoms with van der Waals surface area (Å²) in [7, 11) is 0. The van der Waals surface area contributed by atoms with Crippen molar-refractivity contribution >= 4 is 34.7 Å². The highest BCUT2D eigenvalue weighted by atomic mass is 35.5. The van der Waals surface area contributed by atoms with Crippen LogP contribution in [-0.4, -0.2) is 24.9 Å². The first-order valence-corrected chi connectivity index (χ1v) is 7.68. The first-order chi connectivity index (χ1) is 8.74. The molecule has 2 aromatic heterocycles. The van der Waals surface area contributed by atoms with Gasteiger partial charge in [0.2, 0.25) is 0 Å². The summed E-state index contributed by atoms with van der Waals surface area (Å²) < 4.78 is 2.50. The Hall–Kier alpha value is -0.630. The van der Waals surface area contributed by atoms with Gasteiger partial charge in [-0.05, 0) is 6.42 Å². The quantitative estimate of drug-likeness (QED) is 0.831. The average Bonchev–Trinajstić information content (AvgIpc) is 2.94. The van der Waals surface area contributed by atoms with Gasteiger partial charge in [0.25, 0.3) is 0 Å². The monoisotopic (exact) mass is 304 g/mol. The number of halogens is 1. The third-order valence-electron chi connectivity index (χ3n) is 2.25. The minimum Gasteiger partial charge on any atom is -0.388 e. The molecule has 0 aliphatic carbocycles. The summed E-state index contributed by atoms with van der Waals surface area (Å²) in [4.78, 5) is 5.10. The van der Waals surface area contributed by atoms with Gasteiger partial charge in [0.1, 0.15) is 6.61 Å². The predicted octanol–water partition coefficient (Wildman–Crippen LogP) is 2.58. The fourth-order valence-corrected chi connectivity index (χ4v) is 3.46. The molecule has 0 aliphatic rings. The zero-order valence-corrected chi connectivity index (χ0v) is 12.2. The number of nitrogens with zero attached hydrogens (tertiary/aromatic N) is 4. The van der Waals surface area contributed by atoms with Gasteiger partial charge in [-0.2, -0.15) is 0 Å². The topological polar surface area (TPSA) is 63.8 Å². The molecule has 2 aromatic rings. The SMILES string of the molecule is CCCn1c(CO)nnc1SCc1cnc(Cl)s1. The molecule has 0 fully saturated rings. The Morgan fingerprint density at radius 1 is 1.50 bits per heavy atom. The molecule has 0 amide bonds. The predicted molar refractivity (Wildman–Crippen MR) is 72.9 cm³/mol. The first-order valence-electron chi connectivity index (χ1n) is 5.50. The largest absolute Gasteiger partial charge is 0.388 e. The summed E-state index contributed by atoms with van der Waals surface area (Å²) in [5.74, 6) is 1.37. The molecular formula is C10H13ClN4OS2. The maximum absolute atomic E-state index is 9.19. The Balaban J connectivity index is 2.06. The second-order valence-electron chi connectivity index (χ2n) is 3.58. The number of thiazole rings is 1. The summed E-state index contributed by atoms with van der Waals surface area (Å²) in [5.41, 5.74) is 0. The van der Waals surface area contributed by atoms with E-state index in [9.17, 15) is 5.11 Å². The molecule has 0 aliphatic heterocycles. The number of aliphatic hydroxyl groups excluding tert-OH is 1. The van der Waals surface area contributed by atoms with Crippen molar-refractivity contribution in [3.05, 3.63) is 21.4 Å². The van der Waals surface area contributed by atoms with Gasteiger partial charge >= 0.3 is 0 Å². The van der Waals surface area contributed by atoms with Crippen LogP contribution in [0.1, 0.15) is 24.0 Å². The maximum Gasteiger partial charge on any atom is 0.191 e. The molecule has 0 bridgehead atoms. The van der Waals surface area contributed by atoms with E-state index in [4.69, 9.17) is 11.6 Å². The van der Waals surface area contributed by atoms with Gasteiger partial charge in [0, 0.05) is 23.4 Å². The molecule has 0 saturated heterocycles. The number of aromatic nitrogens is 4. The molecule has 5 nitrogen and oxygen atoms in total. The average molecular weight is 305 g/mol. The van der Waals surface area contributed by atoms with Gasteiger partial charge in [-0.3, -0.25) is 0 Å². The summed E-state index contributed by atoms with van der Waals surface area (Å²) in [6.45, 7) is 2.81. The van der Waals surface area contributed by atoms with Crippen LogP contribution in [0.25, 0.3) is 0 Å². The van der Waals surface area contributed by atoms with Crippen LogP contribution in [0.4, 0.5) is 0 Å². The number of rotatable bonds is 6. The molecule has 0 aromatic carbocycles. The van der Waals surface area contributed by atoms with E-state index < -0.39 is 0 Å². The Kier molecular flexibility index (Phi) is 4.99. The Labute approximate surface area is 118 Å². The molecule has 8 heteroatoms. The smallest absolute Gasteiger partial charge is 0.191 e. The summed E-state index contributed by atoms with van der Waals surface area (Å²) in [6, 6.07) is 0. The second-order valence-corrected chi connectivity index (χ2v) is 6.22. The van der Waals surface area contributed by atoms with Crippen molar-refractivity contribution in [2.24, 2.45) is 0 Å². The van der Waals surface area contributed by atoms with Gasteiger partial charge in [-0.25, -0.2) is 4.98 Å². The van der Waals surface area contributed by atoms with Crippen molar-refractivity contribution in [1.82, 2.24) is 19.7 Å². The van der Waals surface area contributed by atoms with Crippen LogP contribution in [0.5, 0.6) is 0 Å². The van der Waals surface area contributed by atoms with Crippen LogP contribution < -0.4 is 0 Å². The van der Waals surface area contributed by atoms with Gasteiger partial charge < -0.3 is 9.67 Å². The number of hydrogen-bond donors (Lipinski definition) is 1. The first kappa shape index (κ1) is 13.8. The lowest BCUT2D eigenvalue weighted by atomic mass is 10.4. The lowest BCUT2D eigenvalue weighted by molar-refractivity contribution is 0.263. The normalized spacial score (nSPS) is 11.1. The molecule has 0 radical (unpaired) electrons. The van der Waals surface area contributed by atoms with Gasteiger partial charge in [0.15, 0.2) is 15.4 Å². The summed E-state index contributed by atoms with van der Waals surface area (Å²) >= 11 is 8.83. The van der Waals surface area contributed by atoms with Crippen LogP contribution in [0.3, 0.4) is 0 Å². The maximum atomic E-state index is 9.19. The minimum absolute atomic E-state index is 0.0834. The van der Waals surface area contributed by atoms with E-state index in [-0.39, 0.29) is 6.61 Å². The third kappa shape index (κ3) is 3.23. The van der Waals surface area contributed by atoms with Crippen LogP contribution >= 0.6 is 34.7 Å². The molecule has 0 atom stereocenters. The van der Waals surface area contributed by atoms with Crippen molar-refractivity contribution in [3.63, 3.8) is 0 Å². The molecular weight excluding hydrogens is 292 g/mol. The van der Waals surface area contributed by atoms with E-state index in [0.717, 1.165) is 28.8 Å². The molecule has 98 valence electrons. The second kappa shape index (κ2) is 6.51. The standard InChI is InChI=1S/C10H13ClN4OS2/c1-2-3-15-8(5-16)13-14-10(15)17-6-7-4-12-9(11)18-7/h4,16H,2-3,5-6H2,1H3. The van der Waals surface area contributed by atoms with E-state index in [0.29, 0.717) is 10.3 Å². The molecule has 2 rings (SSSR count). The van der Waals surface area contributed by atoms with Gasteiger partial charge in [0.05, 0.1) is 0 Å². The lowest BCUT2D eigenvalue weighted by Gasteiger charge is -2.06. The highest BCUT2D eigenvalue weighted by Gasteiger charge is 2.11. The zero-order valence-electron chi connectivity index (χ0n) is 9.84. The van der Waals surface area contributed by atoms with Crippen molar-refractivity contribution in [2.75, 3.05) is 0 Å². The molecule has 2 heterocycles. The molecule has 1 N–H and O–H groups in total. The highest BCUT2D eigenvalue weighted by molar-refractivity contribution is 7.98. The van der Waals surface area contributed by atoms with Crippen LogP contribution in [0, 0.1) is 0 Å². The van der Waals surface area contributed by atoms with Gasteiger partial charge in [-0.1, -0.05) is 30.3 Å². The molecule has 0 unspecified atom stereocenters. The van der Waals surface area contributed by atoms with Crippen molar-refractivity contribution in [2.45, 2.75) is 37.4 Å². The Bertz CT molecular complexity index is 514. The fourth-order valence-electron chi connectivity index (χ4n) is 1.48. The lowest BCUT2D eigenvalue weighted by Crippen LogP contribution is -2.04. The molecule has 18 heavy (non-hydrogen) atoms. The van der Waals surface area contributed by atoms with Crippen LogP contribution in [0.2, 0.25) is 4.47 Å². The Morgan fingerprint density at radius 3 is 2.94 bits per heavy atom. The van der Waals surface area contributed by atoms with E-state index in [2.05, 4.69) is 22.1 Å². The number of thioether (sulfide) groups is 1. The fraction of sp³-hybridized carbons (Fsp3) is 0.500. The number of hydrogen-bond acceptors (Lipinski definition) is 6. The van der Waals surface area contributed by atoms with Crippen molar-refractivity contribution in [3.8, 4) is 0 Å². The van der Waals surface area contributed by atoms with E-state index >= 15 is 0 Å². The van der Waals surface area contributed by atoms with E-state index in [1.54, 1.807) is 18.0 Å². The highest BCUT2D eigenvalue weighted by Crippen LogP contribution is 2.26. The minimum atomic E-state index is -0.0834. The van der Waals surface area contributed by atoms with E-state index in [1.165, 1.54) is 11.3 Å². The number of aliphatic hydroxyl groups is 1. The van der Waals surface area contributed by atoms with Crippen LogP contribution in [0.15, 0.2) is 11.4 Å². The summed E-state index contributed by atoms with van der Waals surface area (Å²) in [6.07, 6.45) is 2.75. The van der Waals surface area contributed by atoms with Crippen molar-refractivity contribution in [1.29, 1.82) is 0 Å². The zero-order chi connectivity index (χ0) is 13.0. The Morgan fingerprint density at radius 2 is 2.33 bits per heavy atom. The van der Waals surface area contributed by atoms with E-state index in [1.807, 2.05) is 4.57 Å².